The van der Waals surface area contributed by atoms with Gasteiger partial charge in [0.1, 0.15) is 0 Å². The highest BCUT2D eigenvalue weighted by Crippen LogP contribution is 2.30. The molecule has 1 aromatic rings. The second-order valence-electron chi connectivity index (χ2n) is 6.80. The maximum Gasteiger partial charge on any atom is 0.217 e. The first-order chi connectivity index (χ1) is 11.2. The first kappa shape index (κ1) is 16.4. The predicted octanol–water partition coefficient (Wildman–Crippen LogP) is 2.01. The van der Waals surface area contributed by atoms with Gasteiger partial charge < -0.3 is 15.0 Å². The van der Waals surface area contributed by atoms with E-state index in [4.69, 9.17) is 4.74 Å². The van der Waals surface area contributed by atoms with Crippen LogP contribution in [0, 0.1) is 11.8 Å². The Labute approximate surface area is 138 Å². The van der Waals surface area contributed by atoms with Gasteiger partial charge in [0, 0.05) is 26.3 Å². The second kappa shape index (κ2) is 7.88. The van der Waals surface area contributed by atoms with Gasteiger partial charge in [-0.05, 0) is 56.3 Å². The zero-order chi connectivity index (χ0) is 16.1. The lowest BCUT2D eigenvalue weighted by atomic mass is 9.87. The molecule has 2 aliphatic rings. The van der Waals surface area contributed by atoms with E-state index in [1.54, 1.807) is 13.1 Å². The van der Waals surface area contributed by atoms with E-state index in [9.17, 15) is 4.79 Å². The summed E-state index contributed by atoms with van der Waals surface area (Å²) in [6.07, 6.45) is 5.21. The van der Waals surface area contributed by atoms with Crippen LogP contribution in [0.4, 0.5) is 0 Å². The van der Waals surface area contributed by atoms with E-state index in [2.05, 4.69) is 15.2 Å². The maximum atomic E-state index is 11.6. The third kappa shape index (κ3) is 4.52. The summed E-state index contributed by atoms with van der Waals surface area (Å²) >= 11 is 0. The molecule has 0 bridgehead atoms. The lowest BCUT2D eigenvalue weighted by molar-refractivity contribution is -0.120. The van der Waals surface area contributed by atoms with Gasteiger partial charge in [-0.3, -0.25) is 9.78 Å². The van der Waals surface area contributed by atoms with Crippen molar-refractivity contribution in [2.45, 2.75) is 32.2 Å². The molecule has 1 aromatic heterocycles. The van der Waals surface area contributed by atoms with E-state index in [1.165, 1.54) is 6.42 Å². The molecule has 0 aromatic carbocycles. The molecular weight excluding hydrogens is 290 g/mol. The van der Waals surface area contributed by atoms with Crippen molar-refractivity contribution in [3.8, 4) is 0 Å². The van der Waals surface area contributed by atoms with Crippen LogP contribution in [0.5, 0.6) is 0 Å². The van der Waals surface area contributed by atoms with Crippen molar-refractivity contribution in [3.05, 3.63) is 30.1 Å². The van der Waals surface area contributed by atoms with Crippen molar-refractivity contribution < 1.29 is 9.53 Å². The molecule has 126 valence electrons. The van der Waals surface area contributed by atoms with Gasteiger partial charge in [0.05, 0.1) is 18.3 Å². The molecule has 5 heteroatoms. The third-order valence-electron chi connectivity index (χ3n) is 5.01. The number of pyridine rings is 1. The van der Waals surface area contributed by atoms with E-state index in [1.807, 2.05) is 18.2 Å². The fourth-order valence-corrected chi connectivity index (χ4v) is 3.77. The summed E-state index contributed by atoms with van der Waals surface area (Å²) in [6.45, 7) is 6.79. The van der Waals surface area contributed by atoms with Gasteiger partial charge in [-0.15, -0.1) is 0 Å². The van der Waals surface area contributed by atoms with Crippen LogP contribution >= 0.6 is 0 Å². The number of nitrogens with one attached hydrogen (secondary N) is 1. The Kier molecular flexibility index (Phi) is 5.62. The number of carbonyl (C=O) groups is 1. The number of likely N-dealkylation sites (tertiary alicyclic amines) is 1. The molecule has 1 N–H and O–H groups in total. The minimum Gasteiger partial charge on any atom is -0.381 e. The number of nitrogens with zero attached hydrogens (tertiary/aromatic N) is 2. The first-order valence-electron chi connectivity index (χ1n) is 8.70. The summed E-state index contributed by atoms with van der Waals surface area (Å²) in [6, 6.07) is 5.96. The molecule has 23 heavy (non-hydrogen) atoms. The van der Waals surface area contributed by atoms with Crippen LogP contribution in [0.1, 0.15) is 37.9 Å². The van der Waals surface area contributed by atoms with Crippen LogP contribution in [0.25, 0.3) is 0 Å². The average molecular weight is 317 g/mol. The summed E-state index contributed by atoms with van der Waals surface area (Å²) < 4.78 is 5.48. The molecule has 3 rings (SSSR count). The highest BCUT2D eigenvalue weighted by atomic mass is 16.5. The van der Waals surface area contributed by atoms with Gasteiger partial charge in [0.2, 0.25) is 5.91 Å². The topological polar surface area (TPSA) is 54.5 Å². The number of carbonyl (C=O) groups excluding carboxylic acids is 1. The van der Waals surface area contributed by atoms with Crippen molar-refractivity contribution in [2.75, 3.05) is 32.8 Å². The van der Waals surface area contributed by atoms with Crippen LogP contribution in [0.2, 0.25) is 0 Å². The summed E-state index contributed by atoms with van der Waals surface area (Å²) in [7, 11) is 0. The Bertz CT molecular complexity index is 494. The molecule has 0 radical (unpaired) electrons. The quantitative estimate of drug-likeness (QED) is 0.902. The molecule has 2 atom stereocenters. The van der Waals surface area contributed by atoms with Gasteiger partial charge in [-0.1, -0.05) is 6.07 Å². The van der Waals surface area contributed by atoms with Gasteiger partial charge >= 0.3 is 0 Å². The summed E-state index contributed by atoms with van der Waals surface area (Å²) in [5, 5.41) is 3.11. The largest absolute Gasteiger partial charge is 0.381 e. The Balaban J connectivity index is 1.57. The van der Waals surface area contributed by atoms with Crippen molar-refractivity contribution in [1.82, 2.24) is 15.2 Å². The summed E-state index contributed by atoms with van der Waals surface area (Å²) in [5.41, 5.74) is 0.977. The van der Waals surface area contributed by atoms with E-state index < -0.39 is 0 Å². The van der Waals surface area contributed by atoms with Crippen LogP contribution in [0.3, 0.4) is 0 Å². The van der Waals surface area contributed by atoms with Gasteiger partial charge in [0.15, 0.2) is 0 Å². The number of hydrogen-bond donors (Lipinski definition) is 1. The van der Waals surface area contributed by atoms with Crippen LogP contribution in [0.15, 0.2) is 24.4 Å². The summed E-state index contributed by atoms with van der Waals surface area (Å²) in [5.74, 6) is 1.18. The standard InChI is InChI=1S/C18H27N3O2/c1-14(22)20-18(17-4-2-3-8-19-17)16-5-9-21(10-6-16)12-15-7-11-23-13-15/h2-4,8,15-16,18H,5-7,9-13H2,1H3,(H,20,22)/t15-,18+/m0/s1. The van der Waals surface area contributed by atoms with E-state index in [-0.39, 0.29) is 11.9 Å². The molecule has 3 heterocycles. The number of rotatable bonds is 5. The number of piperidine rings is 1. The molecule has 2 fully saturated rings. The zero-order valence-corrected chi connectivity index (χ0v) is 13.9. The lowest BCUT2D eigenvalue weighted by Gasteiger charge is -2.36. The van der Waals surface area contributed by atoms with Crippen LogP contribution < -0.4 is 5.32 Å². The average Bonchev–Trinajstić information content (AvgIpc) is 3.07. The fraction of sp³-hybridized carbons (Fsp3) is 0.667. The molecule has 1 amide bonds. The lowest BCUT2D eigenvalue weighted by Crippen LogP contribution is -2.42. The minimum atomic E-state index is 0.0196. The molecule has 2 saturated heterocycles. The van der Waals surface area contributed by atoms with E-state index >= 15 is 0 Å². The molecular formula is C18H27N3O2. The van der Waals surface area contributed by atoms with Gasteiger partial charge in [0.25, 0.3) is 0 Å². The second-order valence-corrected chi connectivity index (χ2v) is 6.80. The van der Waals surface area contributed by atoms with Gasteiger partial charge in [-0.25, -0.2) is 0 Å². The number of amides is 1. The van der Waals surface area contributed by atoms with Gasteiger partial charge in [-0.2, -0.15) is 0 Å². The Morgan fingerprint density at radius 2 is 2.22 bits per heavy atom. The Morgan fingerprint density at radius 3 is 2.83 bits per heavy atom. The van der Waals surface area contributed by atoms with E-state index in [0.29, 0.717) is 11.8 Å². The first-order valence-corrected chi connectivity index (χ1v) is 8.70. The number of aromatic nitrogens is 1. The van der Waals surface area contributed by atoms with Crippen LogP contribution in [-0.2, 0) is 9.53 Å². The Morgan fingerprint density at radius 1 is 1.39 bits per heavy atom. The smallest absolute Gasteiger partial charge is 0.217 e. The van der Waals surface area contributed by atoms with Crippen molar-refractivity contribution in [3.63, 3.8) is 0 Å². The third-order valence-corrected chi connectivity index (χ3v) is 5.01. The van der Waals surface area contributed by atoms with Crippen LogP contribution in [-0.4, -0.2) is 48.6 Å². The molecule has 0 aliphatic carbocycles. The Hall–Kier alpha value is -1.46. The van der Waals surface area contributed by atoms with Crippen molar-refractivity contribution in [2.24, 2.45) is 11.8 Å². The molecule has 0 spiro atoms. The highest BCUT2D eigenvalue weighted by molar-refractivity contribution is 5.73. The monoisotopic (exact) mass is 317 g/mol. The normalized spacial score (nSPS) is 24.5. The fourth-order valence-electron chi connectivity index (χ4n) is 3.77. The maximum absolute atomic E-state index is 11.6. The van der Waals surface area contributed by atoms with Crippen molar-refractivity contribution >= 4 is 5.91 Å². The SMILES string of the molecule is CC(=O)N[C@@H](c1ccccn1)C1CCN(C[C@@H]2CCOC2)CC1. The highest BCUT2D eigenvalue weighted by Gasteiger charge is 2.30. The number of hydrogen-bond acceptors (Lipinski definition) is 4. The van der Waals surface area contributed by atoms with Crippen molar-refractivity contribution in [1.29, 1.82) is 0 Å². The predicted molar refractivity (Wildman–Crippen MR) is 88.9 cm³/mol. The molecule has 5 nitrogen and oxygen atoms in total. The summed E-state index contributed by atoms with van der Waals surface area (Å²) in [4.78, 5) is 18.6. The molecule has 2 aliphatic heterocycles. The molecule has 0 saturated carbocycles. The zero-order valence-electron chi connectivity index (χ0n) is 13.9. The minimum absolute atomic E-state index is 0.0196. The number of ether oxygens (including phenoxy) is 1. The van der Waals surface area contributed by atoms with E-state index in [0.717, 1.165) is 51.4 Å². The molecule has 0 unspecified atom stereocenters.